The summed E-state index contributed by atoms with van der Waals surface area (Å²) < 4.78 is 0. The number of rotatable bonds is 3. The van der Waals surface area contributed by atoms with Gasteiger partial charge in [-0.3, -0.25) is 9.59 Å². The molecular formula is C22H20Cl2N2O2. The number of carbonyl (C=O) groups is 2. The molecule has 4 nitrogen and oxygen atoms in total. The van der Waals surface area contributed by atoms with Crippen LogP contribution in [0.4, 0.5) is 5.69 Å². The lowest BCUT2D eigenvalue weighted by molar-refractivity contribution is -0.120. The van der Waals surface area contributed by atoms with Gasteiger partial charge in [0.05, 0.1) is 16.3 Å². The molecule has 0 aromatic heterocycles. The number of amides is 2. The summed E-state index contributed by atoms with van der Waals surface area (Å²) in [6.07, 6.45) is 1.99. The first-order valence-electron chi connectivity index (χ1n) is 9.28. The van der Waals surface area contributed by atoms with Crippen LogP contribution in [0.5, 0.6) is 0 Å². The summed E-state index contributed by atoms with van der Waals surface area (Å²) >= 11 is 12.5. The van der Waals surface area contributed by atoms with E-state index >= 15 is 0 Å². The van der Waals surface area contributed by atoms with Gasteiger partial charge in [-0.05, 0) is 62.1 Å². The zero-order chi connectivity index (χ0) is 20.0. The number of anilines is 1. The van der Waals surface area contributed by atoms with Crippen LogP contribution >= 0.6 is 23.2 Å². The molecule has 6 heteroatoms. The predicted octanol–water partition coefficient (Wildman–Crippen LogP) is 4.99. The van der Waals surface area contributed by atoms with Crippen molar-refractivity contribution in [3.05, 3.63) is 68.8 Å². The van der Waals surface area contributed by atoms with Crippen LogP contribution in [0.2, 0.25) is 10.0 Å². The number of halogens is 2. The van der Waals surface area contributed by atoms with E-state index < -0.39 is 0 Å². The van der Waals surface area contributed by atoms with E-state index in [0.29, 0.717) is 32.6 Å². The minimum atomic E-state index is -0.346. The van der Waals surface area contributed by atoms with Gasteiger partial charge < -0.3 is 4.90 Å². The maximum Gasteiger partial charge on any atom is 0.282 e. The first kappa shape index (κ1) is 19.0. The van der Waals surface area contributed by atoms with Crippen molar-refractivity contribution in [3.63, 3.8) is 0 Å². The number of benzene rings is 2. The van der Waals surface area contributed by atoms with E-state index in [9.17, 15) is 9.59 Å². The molecule has 28 heavy (non-hydrogen) atoms. The van der Waals surface area contributed by atoms with Crippen molar-refractivity contribution in [1.82, 2.24) is 4.90 Å². The van der Waals surface area contributed by atoms with E-state index in [0.717, 1.165) is 37.1 Å². The van der Waals surface area contributed by atoms with Crippen LogP contribution in [0.3, 0.4) is 0 Å². The van der Waals surface area contributed by atoms with Gasteiger partial charge in [-0.25, -0.2) is 4.90 Å². The van der Waals surface area contributed by atoms with Crippen molar-refractivity contribution in [1.29, 1.82) is 0 Å². The van der Waals surface area contributed by atoms with E-state index in [4.69, 9.17) is 23.2 Å². The Kier molecular flexibility index (Phi) is 4.94. The van der Waals surface area contributed by atoms with Crippen LogP contribution in [0.25, 0.3) is 5.57 Å². The molecule has 1 fully saturated rings. The van der Waals surface area contributed by atoms with E-state index in [-0.39, 0.29) is 11.8 Å². The van der Waals surface area contributed by atoms with Crippen molar-refractivity contribution < 1.29 is 9.59 Å². The predicted molar refractivity (Wildman–Crippen MR) is 113 cm³/mol. The normalized spacial score (nSPS) is 17.3. The van der Waals surface area contributed by atoms with Crippen LogP contribution in [-0.2, 0) is 9.59 Å². The Labute approximate surface area is 174 Å². The summed E-state index contributed by atoms with van der Waals surface area (Å²) in [6.45, 7) is 5.41. The number of aryl methyl sites for hydroxylation is 2. The second-order valence-corrected chi connectivity index (χ2v) is 8.18. The fraction of sp³-hybridized carbons (Fsp3) is 0.273. The highest BCUT2D eigenvalue weighted by atomic mass is 35.5. The first-order chi connectivity index (χ1) is 13.4. The smallest absolute Gasteiger partial charge is 0.282 e. The van der Waals surface area contributed by atoms with Gasteiger partial charge in [0.2, 0.25) is 0 Å². The molecule has 0 bridgehead atoms. The maximum absolute atomic E-state index is 13.5. The van der Waals surface area contributed by atoms with Gasteiger partial charge in [-0.15, -0.1) is 0 Å². The molecule has 2 aromatic carbocycles. The Balaban J connectivity index is 1.88. The van der Waals surface area contributed by atoms with Crippen LogP contribution in [0.15, 0.2) is 42.1 Å². The quantitative estimate of drug-likeness (QED) is 0.664. The lowest BCUT2D eigenvalue weighted by Crippen LogP contribution is -2.34. The molecule has 0 saturated carbocycles. The third-order valence-electron chi connectivity index (χ3n) is 5.15. The Bertz CT molecular complexity index is 1000. The fourth-order valence-corrected chi connectivity index (χ4v) is 4.50. The molecule has 0 radical (unpaired) electrons. The van der Waals surface area contributed by atoms with Crippen LogP contribution < -0.4 is 4.90 Å². The van der Waals surface area contributed by atoms with Gasteiger partial charge in [0.25, 0.3) is 11.8 Å². The third kappa shape index (κ3) is 3.21. The highest BCUT2D eigenvalue weighted by Crippen LogP contribution is 2.39. The average Bonchev–Trinajstić information content (AvgIpc) is 3.21. The molecule has 0 spiro atoms. The number of hydrogen-bond acceptors (Lipinski definition) is 3. The molecule has 0 aliphatic carbocycles. The molecule has 144 valence electrons. The zero-order valence-electron chi connectivity index (χ0n) is 15.8. The molecule has 0 atom stereocenters. The number of imide groups is 1. The number of nitrogens with zero attached hydrogens (tertiary/aromatic N) is 2. The molecular weight excluding hydrogens is 395 g/mol. The molecule has 2 aromatic rings. The molecule has 4 rings (SSSR count). The Morgan fingerprint density at radius 2 is 1.50 bits per heavy atom. The van der Waals surface area contributed by atoms with Crippen molar-refractivity contribution in [2.75, 3.05) is 18.0 Å². The standard InChI is InChI=1S/C22H20Cl2N2O2/c1-13-9-14(2)11-16(10-13)26-21(27)19(17-6-5-15(23)12-18(17)24)20(22(26)28)25-7-3-4-8-25/h5-6,9-12H,3-4,7-8H2,1-2H3. The summed E-state index contributed by atoms with van der Waals surface area (Å²) in [7, 11) is 0. The van der Waals surface area contributed by atoms with Gasteiger partial charge in [0, 0.05) is 23.7 Å². The van der Waals surface area contributed by atoms with Crippen LogP contribution in [0.1, 0.15) is 29.5 Å². The molecule has 2 aliphatic rings. The van der Waals surface area contributed by atoms with Crippen molar-refractivity contribution in [2.24, 2.45) is 0 Å². The Hall–Kier alpha value is -2.30. The minimum Gasteiger partial charge on any atom is -0.366 e. The number of likely N-dealkylation sites (tertiary alicyclic amines) is 1. The molecule has 2 aliphatic heterocycles. The van der Waals surface area contributed by atoms with Gasteiger partial charge in [-0.1, -0.05) is 35.3 Å². The Morgan fingerprint density at radius 1 is 0.857 bits per heavy atom. The first-order valence-corrected chi connectivity index (χ1v) is 10.0. The van der Waals surface area contributed by atoms with E-state index in [1.54, 1.807) is 18.2 Å². The van der Waals surface area contributed by atoms with E-state index in [1.165, 1.54) is 4.90 Å². The summed E-state index contributed by atoms with van der Waals surface area (Å²) in [5, 5.41) is 0.850. The molecule has 2 heterocycles. The third-order valence-corrected chi connectivity index (χ3v) is 5.69. The highest BCUT2D eigenvalue weighted by molar-refractivity contribution is 6.47. The molecule has 0 unspecified atom stereocenters. The van der Waals surface area contributed by atoms with Crippen molar-refractivity contribution in [3.8, 4) is 0 Å². The van der Waals surface area contributed by atoms with Gasteiger partial charge in [-0.2, -0.15) is 0 Å². The van der Waals surface area contributed by atoms with Gasteiger partial charge in [0.1, 0.15) is 5.70 Å². The molecule has 1 saturated heterocycles. The van der Waals surface area contributed by atoms with E-state index in [2.05, 4.69) is 0 Å². The summed E-state index contributed by atoms with van der Waals surface area (Å²) in [5.74, 6) is -0.640. The van der Waals surface area contributed by atoms with Crippen molar-refractivity contribution in [2.45, 2.75) is 26.7 Å². The topological polar surface area (TPSA) is 40.6 Å². The van der Waals surface area contributed by atoms with Crippen LogP contribution in [0, 0.1) is 13.8 Å². The Morgan fingerprint density at radius 3 is 2.11 bits per heavy atom. The average molecular weight is 415 g/mol. The molecule has 0 N–H and O–H groups in total. The second-order valence-electron chi connectivity index (χ2n) is 7.33. The van der Waals surface area contributed by atoms with Crippen LogP contribution in [-0.4, -0.2) is 29.8 Å². The lowest BCUT2D eigenvalue weighted by Gasteiger charge is -2.20. The van der Waals surface area contributed by atoms with Gasteiger partial charge >= 0.3 is 0 Å². The summed E-state index contributed by atoms with van der Waals surface area (Å²) in [6, 6.07) is 10.7. The lowest BCUT2D eigenvalue weighted by atomic mass is 10.0. The fourth-order valence-electron chi connectivity index (χ4n) is 4.00. The monoisotopic (exact) mass is 414 g/mol. The zero-order valence-corrected chi connectivity index (χ0v) is 17.3. The highest BCUT2D eigenvalue weighted by Gasteiger charge is 2.43. The number of carbonyl (C=O) groups excluding carboxylic acids is 2. The number of hydrogen-bond donors (Lipinski definition) is 0. The molecule has 2 amide bonds. The van der Waals surface area contributed by atoms with E-state index in [1.807, 2.05) is 36.9 Å². The van der Waals surface area contributed by atoms with Crippen molar-refractivity contribution >= 4 is 46.3 Å². The maximum atomic E-state index is 13.5. The summed E-state index contributed by atoms with van der Waals surface area (Å²) in [4.78, 5) is 30.2. The minimum absolute atomic E-state index is 0.294. The van der Waals surface area contributed by atoms with Gasteiger partial charge in [0.15, 0.2) is 0 Å². The largest absolute Gasteiger partial charge is 0.366 e. The summed E-state index contributed by atoms with van der Waals surface area (Å²) in [5.41, 5.74) is 3.91. The SMILES string of the molecule is Cc1cc(C)cc(N2C(=O)C(c3ccc(Cl)cc3Cl)=C(N3CCCC3)C2=O)c1. The second kappa shape index (κ2) is 7.26.